The van der Waals surface area contributed by atoms with E-state index in [-0.39, 0.29) is 6.04 Å². The summed E-state index contributed by atoms with van der Waals surface area (Å²) in [6.07, 6.45) is 0. The highest BCUT2D eigenvalue weighted by molar-refractivity contribution is 6.31. The predicted molar refractivity (Wildman–Crippen MR) is 55.9 cm³/mol. The zero-order chi connectivity index (χ0) is 9.42. The van der Waals surface area contributed by atoms with Gasteiger partial charge >= 0.3 is 0 Å². The van der Waals surface area contributed by atoms with Crippen molar-refractivity contribution in [2.45, 2.75) is 13.0 Å². The number of H-pyrrole nitrogens is 1. The summed E-state index contributed by atoms with van der Waals surface area (Å²) in [4.78, 5) is 3.23. The zero-order valence-corrected chi connectivity index (χ0v) is 8.10. The van der Waals surface area contributed by atoms with Crippen LogP contribution in [0.2, 0.25) is 5.02 Å². The molecule has 0 saturated heterocycles. The Morgan fingerprint density at radius 3 is 2.85 bits per heavy atom. The van der Waals surface area contributed by atoms with Crippen LogP contribution >= 0.6 is 11.6 Å². The van der Waals surface area contributed by atoms with Crippen LogP contribution in [-0.4, -0.2) is 4.98 Å². The molecule has 0 amide bonds. The summed E-state index contributed by atoms with van der Waals surface area (Å²) in [6, 6.07) is 7.85. The lowest BCUT2D eigenvalue weighted by molar-refractivity contribution is 0.792. The third kappa shape index (κ3) is 1.55. The molecule has 0 spiro atoms. The Labute approximate surface area is 81.7 Å². The van der Waals surface area contributed by atoms with E-state index in [1.54, 1.807) is 0 Å². The molecule has 1 heterocycles. The number of fused-ring (bicyclic) bond motifs is 1. The molecule has 3 N–H and O–H groups in total. The van der Waals surface area contributed by atoms with Gasteiger partial charge in [-0.1, -0.05) is 17.7 Å². The maximum absolute atomic E-state index is 5.86. The van der Waals surface area contributed by atoms with Gasteiger partial charge in [-0.05, 0) is 30.5 Å². The van der Waals surface area contributed by atoms with Crippen LogP contribution in [0.5, 0.6) is 0 Å². The summed E-state index contributed by atoms with van der Waals surface area (Å²) in [7, 11) is 0. The average molecular weight is 195 g/mol. The number of rotatable bonds is 1. The maximum atomic E-state index is 5.86. The van der Waals surface area contributed by atoms with Crippen LogP contribution in [0.3, 0.4) is 0 Å². The van der Waals surface area contributed by atoms with Gasteiger partial charge in [0.1, 0.15) is 0 Å². The smallest absolute Gasteiger partial charge is 0.0471 e. The lowest BCUT2D eigenvalue weighted by Crippen LogP contribution is -2.04. The zero-order valence-electron chi connectivity index (χ0n) is 7.34. The quantitative estimate of drug-likeness (QED) is 0.720. The van der Waals surface area contributed by atoms with Gasteiger partial charge in [0, 0.05) is 22.3 Å². The lowest BCUT2D eigenvalue weighted by atomic mass is 10.2. The van der Waals surface area contributed by atoms with Gasteiger partial charge < -0.3 is 10.7 Å². The maximum Gasteiger partial charge on any atom is 0.0471 e. The van der Waals surface area contributed by atoms with Crippen molar-refractivity contribution in [2.24, 2.45) is 5.73 Å². The fourth-order valence-corrected chi connectivity index (χ4v) is 1.54. The van der Waals surface area contributed by atoms with Gasteiger partial charge in [0.15, 0.2) is 0 Å². The minimum absolute atomic E-state index is 0.0335. The van der Waals surface area contributed by atoms with Crippen LogP contribution in [0.1, 0.15) is 18.7 Å². The second-order valence-electron chi connectivity index (χ2n) is 3.24. The van der Waals surface area contributed by atoms with E-state index in [2.05, 4.69) is 11.1 Å². The fraction of sp³-hybridized carbons (Fsp3) is 0.200. The number of nitrogens with one attached hydrogen (secondary N) is 1. The molecule has 0 aliphatic rings. The van der Waals surface area contributed by atoms with E-state index in [1.165, 1.54) is 0 Å². The van der Waals surface area contributed by atoms with Crippen LogP contribution in [-0.2, 0) is 0 Å². The Kier molecular flexibility index (Phi) is 2.02. The lowest BCUT2D eigenvalue weighted by Gasteiger charge is -1.98. The minimum atomic E-state index is 0.0335. The van der Waals surface area contributed by atoms with Crippen LogP contribution in [0.4, 0.5) is 0 Å². The number of aromatic amines is 1. The molecule has 3 heteroatoms. The van der Waals surface area contributed by atoms with Crippen molar-refractivity contribution in [3.05, 3.63) is 35.0 Å². The van der Waals surface area contributed by atoms with Gasteiger partial charge in [0.05, 0.1) is 0 Å². The standard InChI is InChI=1S/C10H11ClN2/c1-6(12)9-4-7-2-3-8(11)5-10(7)13-9/h2-6,13H,12H2,1H3. The molecular weight excluding hydrogens is 184 g/mol. The molecule has 0 fully saturated rings. The minimum Gasteiger partial charge on any atom is -0.357 e. The van der Waals surface area contributed by atoms with E-state index < -0.39 is 0 Å². The SMILES string of the molecule is CC(N)c1cc2ccc(Cl)cc2[nH]1. The van der Waals surface area contributed by atoms with Crippen molar-refractivity contribution < 1.29 is 0 Å². The molecule has 1 aromatic heterocycles. The van der Waals surface area contributed by atoms with Crippen LogP contribution in [0.15, 0.2) is 24.3 Å². The number of nitrogens with two attached hydrogens (primary N) is 1. The Morgan fingerprint density at radius 2 is 2.15 bits per heavy atom. The molecule has 1 atom stereocenters. The second kappa shape index (κ2) is 3.05. The summed E-state index contributed by atoms with van der Waals surface area (Å²) >= 11 is 5.86. The molecule has 68 valence electrons. The number of aromatic nitrogens is 1. The number of benzene rings is 1. The molecule has 0 saturated carbocycles. The van der Waals surface area contributed by atoms with Crippen molar-refractivity contribution >= 4 is 22.5 Å². The molecule has 0 aliphatic heterocycles. The van der Waals surface area contributed by atoms with E-state index in [4.69, 9.17) is 17.3 Å². The van der Waals surface area contributed by atoms with E-state index in [1.807, 2.05) is 25.1 Å². The number of hydrogen-bond donors (Lipinski definition) is 2. The van der Waals surface area contributed by atoms with E-state index in [9.17, 15) is 0 Å². The second-order valence-corrected chi connectivity index (χ2v) is 3.68. The first kappa shape index (κ1) is 8.60. The molecule has 2 nitrogen and oxygen atoms in total. The van der Waals surface area contributed by atoms with Crippen LogP contribution in [0.25, 0.3) is 10.9 Å². The van der Waals surface area contributed by atoms with Gasteiger partial charge in [-0.15, -0.1) is 0 Å². The Balaban J connectivity index is 2.62. The summed E-state index contributed by atoms with van der Waals surface area (Å²) in [5.41, 5.74) is 7.83. The van der Waals surface area contributed by atoms with Gasteiger partial charge in [-0.2, -0.15) is 0 Å². The molecule has 2 aromatic rings. The van der Waals surface area contributed by atoms with Crippen molar-refractivity contribution in [3.63, 3.8) is 0 Å². The molecular formula is C10H11ClN2. The average Bonchev–Trinajstić information content (AvgIpc) is 2.46. The highest BCUT2D eigenvalue weighted by atomic mass is 35.5. The topological polar surface area (TPSA) is 41.8 Å². The molecule has 0 bridgehead atoms. The van der Waals surface area contributed by atoms with E-state index in [0.717, 1.165) is 21.6 Å². The van der Waals surface area contributed by atoms with Crippen LogP contribution < -0.4 is 5.73 Å². The van der Waals surface area contributed by atoms with Crippen molar-refractivity contribution in [3.8, 4) is 0 Å². The summed E-state index contributed by atoms with van der Waals surface area (Å²) < 4.78 is 0. The van der Waals surface area contributed by atoms with Crippen molar-refractivity contribution in [2.75, 3.05) is 0 Å². The summed E-state index contributed by atoms with van der Waals surface area (Å²) in [5, 5.41) is 1.89. The fourth-order valence-electron chi connectivity index (χ4n) is 1.37. The first-order chi connectivity index (χ1) is 6.16. The molecule has 0 radical (unpaired) electrons. The van der Waals surface area contributed by atoms with Gasteiger partial charge in [0.25, 0.3) is 0 Å². The summed E-state index contributed by atoms with van der Waals surface area (Å²) in [6.45, 7) is 1.95. The molecule has 1 unspecified atom stereocenters. The highest BCUT2D eigenvalue weighted by Crippen LogP contribution is 2.21. The predicted octanol–water partition coefficient (Wildman–Crippen LogP) is 2.84. The van der Waals surface area contributed by atoms with Gasteiger partial charge in [-0.25, -0.2) is 0 Å². The monoisotopic (exact) mass is 194 g/mol. The van der Waals surface area contributed by atoms with Crippen molar-refractivity contribution in [1.82, 2.24) is 4.98 Å². The number of hydrogen-bond acceptors (Lipinski definition) is 1. The molecule has 13 heavy (non-hydrogen) atoms. The van der Waals surface area contributed by atoms with Gasteiger partial charge in [0.2, 0.25) is 0 Å². The third-order valence-electron chi connectivity index (χ3n) is 2.10. The third-order valence-corrected chi connectivity index (χ3v) is 2.33. The molecule has 1 aromatic carbocycles. The van der Waals surface area contributed by atoms with E-state index in [0.29, 0.717) is 0 Å². The van der Waals surface area contributed by atoms with Crippen LogP contribution in [0, 0.1) is 0 Å². The molecule has 0 aliphatic carbocycles. The largest absolute Gasteiger partial charge is 0.357 e. The normalized spacial score (nSPS) is 13.5. The number of halogens is 1. The van der Waals surface area contributed by atoms with E-state index >= 15 is 0 Å². The first-order valence-electron chi connectivity index (χ1n) is 4.20. The Bertz CT molecular complexity index is 431. The molecule has 2 rings (SSSR count). The first-order valence-corrected chi connectivity index (χ1v) is 4.58. The van der Waals surface area contributed by atoms with Crippen molar-refractivity contribution in [1.29, 1.82) is 0 Å². The Morgan fingerprint density at radius 1 is 1.38 bits per heavy atom. The summed E-state index contributed by atoms with van der Waals surface area (Å²) in [5.74, 6) is 0. The van der Waals surface area contributed by atoms with Gasteiger partial charge in [-0.3, -0.25) is 0 Å². The highest BCUT2D eigenvalue weighted by Gasteiger charge is 2.04. The Hall–Kier alpha value is -0.990.